The average molecular weight is 561 g/mol. The minimum absolute atomic E-state index is 0.0410. The second kappa shape index (κ2) is 10.2. The van der Waals surface area contributed by atoms with Crippen LogP contribution in [-0.4, -0.2) is 83.1 Å². The normalized spacial score (nSPS) is 20.4. The Morgan fingerprint density at radius 1 is 1.31 bits per heavy atom. The van der Waals surface area contributed by atoms with Crippen LogP contribution >= 0.6 is 34.9 Å². The predicted octanol–water partition coefficient (Wildman–Crippen LogP) is 0.939. The first kappa shape index (κ1) is 27.7. The van der Waals surface area contributed by atoms with Gasteiger partial charge in [-0.3, -0.25) is 14.5 Å². The van der Waals surface area contributed by atoms with Crippen molar-refractivity contribution in [3.8, 4) is 0 Å². The van der Waals surface area contributed by atoms with Crippen LogP contribution in [0.5, 0.6) is 0 Å². The van der Waals surface area contributed by atoms with Gasteiger partial charge < -0.3 is 25.7 Å². The molecule has 2 amide bonds. The van der Waals surface area contributed by atoms with Gasteiger partial charge in [0, 0.05) is 23.2 Å². The SMILES string of the molecule is CC(C)(C)OC(=O)C(C)(C)ON=C(C(=O)N[C@H]1C(=O)N2C(C(=O)O)=C(CCl)CS[C@@H]12)c1nsc(N)n1. The Morgan fingerprint density at radius 3 is 2.50 bits per heavy atom. The second-order valence-electron chi connectivity index (χ2n) is 9.25. The number of aromatic nitrogens is 2. The number of carbonyl (C=O) groups is 4. The van der Waals surface area contributed by atoms with Crippen LogP contribution in [0.3, 0.4) is 0 Å². The van der Waals surface area contributed by atoms with Crippen molar-refractivity contribution in [2.24, 2.45) is 5.16 Å². The highest BCUT2D eigenvalue weighted by Crippen LogP contribution is 2.40. The van der Waals surface area contributed by atoms with E-state index in [1.54, 1.807) is 20.8 Å². The van der Waals surface area contributed by atoms with Crippen LogP contribution in [0.25, 0.3) is 0 Å². The summed E-state index contributed by atoms with van der Waals surface area (Å²) < 4.78 is 9.29. The molecule has 0 aromatic carbocycles. The summed E-state index contributed by atoms with van der Waals surface area (Å²) in [5, 5.41) is 15.3. The monoisotopic (exact) mass is 560 g/mol. The van der Waals surface area contributed by atoms with Gasteiger partial charge in [-0.1, -0.05) is 5.16 Å². The first-order valence-corrected chi connectivity index (χ1v) is 12.9. The molecule has 3 heterocycles. The van der Waals surface area contributed by atoms with E-state index in [-0.39, 0.29) is 28.3 Å². The van der Waals surface area contributed by atoms with E-state index in [9.17, 15) is 24.3 Å². The number of alkyl halides is 1. The van der Waals surface area contributed by atoms with Gasteiger partial charge in [0.2, 0.25) is 17.1 Å². The van der Waals surface area contributed by atoms with Gasteiger partial charge >= 0.3 is 11.9 Å². The number of anilines is 1. The first-order chi connectivity index (χ1) is 16.7. The van der Waals surface area contributed by atoms with E-state index < -0.39 is 52.1 Å². The molecule has 1 aromatic rings. The Morgan fingerprint density at radius 2 is 1.97 bits per heavy atom. The fourth-order valence-corrected chi connectivity index (χ4v) is 5.22. The summed E-state index contributed by atoms with van der Waals surface area (Å²) in [6, 6.07) is -1.05. The van der Waals surface area contributed by atoms with Crippen molar-refractivity contribution in [2.75, 3.05) is 17.4 Å². The van der Waals surface area contributed by atoms with Gasteiger partial charge in [-0.2, -0.15) is 9.36 Å². The van der Waals surface area contributed by atoms with Crippen LogP contribution in [0.1, 0.15) is 40.4 Å². The zero-order valence-corrected chi connectivity index (χ0v) is 22.4. The summed E-state index contributed by atoms with van der Waals surface area (Å²) in [5.74, 6) is -3.45. The minimum Gasteiger partial charge on any atom is -0.477 e. The summed E-state index contributed by atoms with van der Waals surface area (Å²) in [6.07, 6.45) is 0. The number of carboxylic acid groups (broad SMARTS) is 1. The van der Waals surface area contributed by atoms with E-state index in [0.717, 1.165) is 16.4 Å². The highest BCUT2D eigenvalue weighted by atomic mass is 35.5. The number of aliphatic carboxylic acids is 1. The van der Waals surface area contributed by atoms with Gasteiger partial charge in [-0.05, 0) is 40.2 Å². The molecule has 2 aliphatic heterocycles. The van der Waals surface area contributed by atoms with Crippen molar-refractivity contribution in [3.63, 3.8) is 0 Å². The third-order valence-corrected chi connectivity index (χ3v) is 7.03. The Kier molecular flexibility index (Phi) is 7.86. The number of oxime groups is 1. The highest BCUT2D eigenvalue weighted by molar-refractivity contribution is 8.00. The van der Waals surface area contributed by atoms with Crippen LogP contribution in [-0.2, 0) is 28.8 Å². The summed E-state index contributed by atoms with van der Waals surface area (Å²) in [4.78, 5) is 60.5. The molecule has 13 nitrogen and oxygen atoms in total. The number of hydrogen-bond acceptors (Lipinski definition) is 12. The fourth-order valence-electron chi connectivity index (χ4n) is 3.11. The molecule has 3 rings (SSSR count). The summed E-state index contributed by atoms with van der Waals surface area (Å²) >= 11 is 7.91. The number of ether oxygens (including phenoxy) is 1. The van der Waals surface area contributed by atoms with Crippen molar-refractivity contribution in [1.29, 1.82) is 0 Å². The third kappa shape index (κ3) is 5.73. The maximum absolute atomic E-state index is 13.1. The molecule has 2 atom stereocenters. The second-order valence-corrected chi connectivity index (χ2v) is 11.4. The number of β-lactam (4-membered cyclic amide) rings is 1. The van der Waals surface area contributed by atoms with Crippen LogP contribution in [0, 0.1) is 0 Å². The Hall–Kier alpha value is -2.91. The molecule has 36 heavy (non-hydrogen) atoms. The average Bonchev–Trinajstić information content (AvgIpc) is 3.20. The first-order valence-electron chi connectivity index (χ1n) is 10.5. The number of esters is 1. The number of hydrogen-bond donors (Lipinski definition) is 3. The smallest absolute Gasteiger partial charge is 0.353 e. The van der Waals surface area contributed by atoms with E-state index in [1.807, 2.05) is 0 Å². The fraction of sp³-hybridized carbons (Fsp3) is 0.550. The Bertz CT molecular complexity index is 1160. The number of nitrogen functional groups attached to an aromatic ring is 1. The van der Waals surface area contributed by atoms with Gasteiger partial charge in [0.1, 0.15) is 22.7 Å². The van der Waals surface area contributed by atoms with Gasteiger partial charge in [0.25, 0.3) is 11.8 Å². The molecule has 16 heteroatoms. The lowest BCUT2D eigenvalue weighted by Gasteiger charge is -2.49. The predicted molar refractivity (Wildman–Crippen MR) is 132 cm³/mol. The standard InChI is InChI=1S/C20H25ClN6O7S2/c1-19(2,3)33-17(32)20(4,5)34-25-9(12-24-18(22)36-26-12)13(28)23-10-14(29)27-11(16(30)31)8(6-21)7-35-15(10)27/h10,15H,6-7H2,1-5H3,(H,23,28)(H,30,31)(H2,22,24,26)/t10-,15-/m0/s1. The molecular weight excluding hydrogens is 536 g/mol. The Balaban J connectivity index is 1.82. The van der Waals surface area contributed by atoms with Gasteiger partial charge in [0.05, 0.1) is 0 Å². The topological polar surface area (TPSA) is 186 Å². The minimum atomic E-state index is -1.58. The van der Waals surface area contributed by atoms with Gasteiger partial charge in [0.15, 0.2) is 5.13 Å². The molecule has 0 saturated carbocycles. The number of nitrogens with one attached hydrogen (secondary N) is 1. The molecule has 1 aromatic heterocycles. The van der Waals surface area contributed by atoms with Crippen LogP contribution in [0.2, 0.25) is 0 Å². The van der Waals surface area contributed by atoms with E-state index >= 15 is 0 Å². The number of nitrogens with zero attached hydrogens (tertiary/aromatic N) is 4. The largest absolute Gasteiger partial charge is 0.477 e. The van der Waals surface area contributed by atoms with Crippen molar-refractivity contribution >= 4 is 69.5 Å². The van der Waals surface area contributed by atoms with E-state index in [2.05, 4.69) is 19.8 Å². The van der Waals surface area contributed by atoms with Crippen LogP contribution in [0.4, 0.5) is 5.13 Å². The molecule has 0 radical (unpaired) electrons. The van der Waals surface area contributed by atoms with E-state index in [0.29, 0.717) is 5.57 Å². The molecule has 4 N–H and O–H groups in total. The summed E-state index contributed by atoms with van der Waals surface area (Å²) in [6.45, 7) is 7.88. The number of amides is 2. The molecule has 1 fully saturated rings. The van der Waals surface area contributed by atoms with E-state index in [4.69, 9.17) is 26.9 Å². The lowest BCUT2D eigenvalue weighted by molar-refractivity contribution is -0.179. The molecule has 2 aliphatic rings. The summed E-state index contributed by atoms with van der Waals surface area (Å²) in [7, 11) is 0. The van der Waals surface area contributed by atoms with Gasteiger partial charge in [-0.15, -0.1) is 23.4 Å². The maximum atomic E-state index is 13.1. The lowest BCUT2D eigenvalue weighted by Crippen LogP contribution is -2.71. The lowest BCUT2D eigenvalue weighted by atomic mass is 10.0. The van der Waals surface area contributed by atoms with Crippen molar-refractivity contribution in [1.82, 2.24) is 19.6 Å². The Labute approximate surface area is 219 Å². The quantitative estimate of drug-likeness (QED) is 0.135. The van der Waals surface area contributed by atoms with Crippen molar-refractivity contribution in [3.05, 3.63) is 17.1 Å². The molecule has 0 aliphatic carbocycles. The van der Waals surface area contributed by atoms with Crippen LogP contribution in [0.15, 0.2) is 16.4 Å². The number of carboxylic acids is 1. The summed E-state index contributed by atoms with van der Waals surface area (Å²) in [5.41, 5.74) is 3.07. The van der Waals surface area contributed by atoms with Gasteiger partial charge in [-0.25, -0.2) is 9.59 Å². The number of carbonyl (C=O) groups excluding carboxylic acids is 3. The third-order valence-electron chi connectivity index (χ3n) is 4.82. The molecule has 0 unspecified atom stereocenters. The number of fused-ring (bicyclic) bond motifs is 1. The van der Waals surface area contributed by atoms with Crippen molar-refractivity contribution in [2.45, 2.75) is 57.2 Å². The molecule has 196 valence electrons. The number of rotatable bonds is 8. The molecule has 0 spiro atoms. The maximum Gasteiger partial charge on any atom is 0.353 e. The highest BCUT2D eigenvalue weighted by Gasteiger charge is 2.54. The molecule has 0 bridgehead atoms. The molecule has 1 saturated heterocycles. The number of halogens is 1. The zero-order valence-electron chi connectivity index (χ0n) is 20.0. The number of nitrogens with two attached hydrogens (primary N) is 1. The zero-order chi connectivity index (χ0) is 27.0. The molecular formula is C20H25ClN6O7S2. The van der Waals surface area contributed by atoms with Crippen molar-refractivity contribution < 1.29 is 33.9 Å². The van der Waals surface area contributed by atoms with E-state index in [1.165, 1.54) is 25.6 Å². The number of thioether (sulfide) groups is 1. The van der Waals surface area contributed by atoms with Crippen LogP contribution < -0.4 is 11.1 Å².